The van der Waals surface area contributed by atoms with Gasteiger partial charge in [0.15, 0.2) is 0 Å². The molecule has 0 aliphatic rings. The number of amides is 4. The van der Waals surface area contributed by atoms with Gasteiger partial charge in [-0.25, -0.2) is 4.79 Å². The molecule has 7 heteroatoms. The number of imide groups is 1. The molecule has 0 bridgehead atoms. The van der Waals surface area contributed by atoms with Gasteiger partial charge < -0.3 is 15.4 Å². The van der Waals surface area contributed by atoms with Crippen molar-refractivity contribution in [2.24, 2.45) is 5.73 Å². The van der Waals surface area contributed by atoms with Crippen molar-refractivity contribution in [2.45, 2.75) is 25.8 Å². The van der Waals surface area contributed by atoms with Crippen LogP contribution in [0.1, 0.15) is 25.8 Å². The van der Waals surface area contributed by atoms with Gasteiger partial charge in [-0.3, -0.25) is 14.5 Å². The number of rotatable bonds is 7. The van der Waals surface area contributed by atoms with E-state index in [1.54, 1.807) is 32.1 Å². The molecule has 2 N–H and O–H groups in total. The van der Waals surface area contributed by atoms with Crippen molar-refractivity contribution in [3.8, 4) is 0 Å². The quantitative estimate of drug-likeness (QED) is 0.597. The third-order valence-electron chi connectivity index (χ3n) is 3.77. The fourth-order valence-corrected chi connectivity index (χ4v) is 2.14. The highest BCUT2D eigenvalue weighted by Crippen LogP contribution is 2.18. The van der Waals surface area contributed by atoms with Gasteiger partial charge in [0.05, 0.1) is 6.54 Å². The number of hydrogen-bond acceptors (Lipinski definition) is 4. The minimum absolute atomic E-state index is 0.0712. The molecule has 4 amide bonds. The maximum atomic E-state index is 12.6. The molecule has 0 unspecified atom stereocenters. The summed E-state index contributed by atoms with van der Waals surface area (Å²) >= 11 is 0. The number of hydrogen-bond donors (Lipinski definition) is 1. The van der Waals surface area contributed by atoms with Crippen LogP contribution in [0.5, 0.6) is 0 Å². The predicted octanol–water partition coefficient (Wildman–Crippen LogP) is 1.43. The van der Waals surface area contributed by atoms with Crippen molar-refractivity contribution in [1.82, 2.24) is 9.80 Å². The molecule has 0 radical (unpaired) electrons. The van der Waals surface area contributed by atoms with E-state index in [1.807, 2.05) is 18.2 Å². The smallest absolute Gasteiger partial charge is 0.327 e. The lowest BCUT2D eigenvalue weighted by Crippen LogP contribution is -2.54. The Morgan fingerprint density at radius 3 is 2.28 bits per heavy atom. The summed E-state index contributed by atoms with van der Waals surface area (Å²) in [5, 5.41) is 0. The summed E-state index contributed by atoms with van der Waals surface area (Å²) in [4.78, 5) is 49.0. The van der Waals surface area contributed by atoms with Crippen LogP contribution in [0.3, 0.4) is 0 Å². The van der Waals surface area contributed by atoms with Crippen molar-refractivity contribution in [2.75, 3.05) is 13.6 Å². The molecule has 1 aromatic carbocycles. The molecule has 1 aromatic rings. The minimum atomic E-state index is -0.895. The summed E-state index contributed by atoms with van der Waals surface area (Å²) in [5.41, 5.74) is 5.09. The number of benzene rings is 1. The third kappa shape index (κ3) is 5.87. The molecule has 1 rings (SSSR count). The zero-order chi connectivity index (χ0) is 19.0. The van der Waals surface area contributed by atoms with Gasteiger partial charge in [-0.2, -0.15) is 0 Å². The summed E-state index contributed by atoms with van der Waals surface area (Å²) in [5.74, 6) is -1.19. The minimum Gasteiger partial charge on any atom is -0.370 e. The number of aldehydes is 1. The monoisotopic (exact) mass is 345 g/mol. The molecule has 0 atom stereocenters. The first-order valence-corrected chi connectivity index (χ1v) is 7.73. The number of carbonyl (C=O) groups excluding carboxylic acids is 4. The van der Waals surface area contributed by atoms with Gasteiger partial charge in [-0.15, -0.1) is 0 Å². The van der Waals surface area contributed by atoms with Crippen LogP contribution in [0.15, 0.2) is 36.4 Å². The van der Waals surface area contributed by atoms with E-state index in [0.29, 0.717) is 6.29 Å². The first-order chi connectivity index (χ1) is 11.7. The van der Waals surface area contributed by atoms with Crippen molar-refractivity contribution in [3.63, 3.8) is 0 Å². The van der Waals surface area contributed by atoms with Gasteiger partial charge in [-0.05, 0) is 25.5 Å². The average Bonchev–Trinajstić information content (AvgIpc) is 2.56. The zero-order valence-corrected chi connectivity index (χ0v) is 14.6. The Labute approximate surface area is 147 Å². The van der Waals surface area contributed by atoms with E-state index in [9.17, 15) is 19.2 Å². The van der Waals surface area contributed by atoms with Crippen molar-refractivity contribution in [1.29, 1.82) is 0 Å². The Morgan fingerprint density at radius 2 is 1.76 bits per heavy atom. The number of nitrogens with two attached hydrogens (primary N) is 1. The van der Waals surface area contributed by atoms with Crippen molar-refractivity contribution < 1.29 is 19.2 Å². The average molecular weight is 345 g/mol. The Morgan fingerprint density at radius 1 is 1.16 bits per heavy atom. The van der Waals surface area contributed by atoms with Crippen LogP contribution >= 0.6 is 0 Å². The molecule has 0 aliphatic carbocycles. The Bertz CT molecular complexity index is 668. The van der Waals surface area contributed by atoms with Crippen LogP contribution in [0.2, 0.25) is 0 Å². The van der Waals surface area contributed by atoms with Crippen molar-refractivity contribution in [3.05, 3.63) is 42.0 Å². The van der Waals surface area contributed by atoms with Gasteiger partial charge in [0.2, 0.25) is 5.91 Å². The molecular weight excluding hydrogens is 322 g/mol. The second-order valence-electron chi connectivity index (χ2n) is 6.16. The van der Waals surface area contributed by atoms with Gasteiger partial charge in [0, 0.05) is 25.1 Å². The fourth-order valence-electron chi connectivity index (χ4n) is 2.14. The largest absolute Gasteiger partial charge is 0.370 e. The highest BCUT2D eigenvalue weighted by molar-refractivity contribution is 6.03. The summed E-state index contributed by atoms with van der Waals surface area (Å²) in [6.45, 7) is 2.92. The van der Waals surface area contributed by atoms with Gasteiger partial charge in [0.1, 0.15) is 6.29 Å². The first kappa shape index (κ1) is 20.1. The van der Waals surface area contributed by atoms with Gasteiger partial charge in [0.25, 0.3) is 5.91 Å². The second kappa shape index (κ2) is 8.77. The van der Waals surface area contributed by atoms with Crippen LogP contribution in [0.4, 0.5) is 4.79 Å². The molecule has 0 aromatic heterocycles. The Hall–Kier alpha value is -2.96. The summed E-state index contributed by atoms with van der Waals surface area (Å²) in [7, 11) is 1.46. The van der Waals surface area contributed by atoms with Crippen LogP contribution in [0.25, 0.3) is 6.08 Å². The number of primary amides is 1. The van der Waals surface area contributed by atoms with Crippen LogP contribution in [-0.4, -0.2) is 53.1 Å². The normalized spacial score (nSPS) is 11.2. The lowest BCUT2D eigenvalue weighted by Gasteiger charge is -2.37. The highest BCUT2D eigenvalue weighted by atomic mass is 16.2. The van der Waals surface area contributed by atoms with E-state index in [-0.39, 0.29) is 13.0 Å². The zero-order valence-electron chi connectivity index (χ0n) is 14.6. The van der Waals surface area contributed by atoms with E-state index < -0.39 is 23.4 Å². The number of nitrogens with zero attached hydrogens (tertiary/aromatic N) is 2. The van der Waals surface area contributed by atoms with Crippen LogP contribution in [0, 0.1) is 0 Å². The summed E-state index contributed by atoms with van der Waals surface area (Å²) < 4.78 is 0. The van der Waals surface area contributed by atoms with E-state index in [1.165, 1.54) is 18.0 Å². The molecule has 134 valence electrons. The molecule has 7 nitrogen and oxygen atoms in total. The van der Waals surface area contributed by atoms with E-state index in [0.717, 1.165) is 10.5 Å². The standard InChI is InChI=1S/C18H23N3O4/c1-18(2,13-15(19)23)20(3)17(25)21(11-12-22)16(24)10-9-14-7-5-4-6-8-14/h4-10,12H,11,13H2,1-3H3,(H2,19,23)/b10-9+. The Balaban J connectivity index is 2.95. The lowest BCUT2D eigenvalue weighted by atomic mass is 9.98. The van der Waals surface area contributed by atoms with Crippen molar-refractivity contribution >= 4 is 30.2 Å². The Kier molecular flexibility index (Phi) is 7.05. The maximum Gasteiger partial charge on any atom is 0.327 e. The van der Waals surface area contributed by atoms with Gasteiger partial charge in [-0.1, -0.05) is 30.3 Å². The molecule has 0 fully saturated rings. The molecule has 0 saturated heterocycles. The molecule has 0 saturated carbocycles. The van der Waals surface area contributed by atoms with E-state index in [4.69, 9.17) is 5.73 Å². The first-order valence-electron chi connectivity index (χ1n) is 7.73. The molecule has 25 heavy (non-hydrogen) atoms. The fraction of sp³-hybridized carbons (Fsp3) is 0.333. The summed E-state index contributed by atoms with van der Waals surface area (Å²) in [6.07, 6.45) is 3.19. The van der Waals surface area contributed by atoms with E-state index in [2.05, 4.69) is 0 Å². The topological polar surface area (TPSA) is 101 Å². The molecule has 0 spiro atoms. The molecular formula is C18H23N3O4. The number of carbonyl (C=O) groups is 4. The predicted molar refractivity (Wildman–Crippen MR) is 94.3 cm³/mol. The third-order valence-corrected chi connectivity index (χ3v) is 3.77. The van der Waals surface area contributed by atoms with Crippen LogP contribution < -0.4 is 5.73 Å². The maximum absolute atomic E-state index is 12.6. The number of urea groups is 1. The SMILES string of the molecule is CN(C(=O)N(CC=O)C(=O)/C=C/c1ccccc1)C(C)(C)CC(N)=O. The highest BCUT2D eigenvalue weighted by Gasteiger charge is 2.33. The lowest BCUT2D eigenvalue weighted by molar-refractivity contribution is -0.126. The van der Waals surface area contributed by atoms with Gasteiger partial charge >= 0.3 is 6.03 Å². The van der Waals surface area contributed by atoms with Crippen LogP contribution in [-0.2, 0) is 14.4 Å². The van der Waals surface area contributed by atoms with E-state index >= 15 is 0 Å². The second-order valence-corrected chi connectivity index (χ2v) is 6.16. The molecule has 0 heterocycles. The summed E-state index contributed by atoms with van der Waals surface area (Å²) in [6, 6.07) is 8.41. The molecule has 0 aliphatic heterocycles.